The van der Waals surface area contributed by atoms with Crippen LogP contribution in [0.4, 0.5) is 0 Å². The van der Waals surface area contributed by atoms with E-state index in [0.717, 1.165) is 55.4 Å². The highest BCUT2D eigenvalue weighted by Crippen LogP contribution is 2.40. The van der Waals surface area contributed by atoms with Crippen LogP contribution in [0.1, 0.15) is 35.2 Å². The van der Waals surface area contributed by atoms with E-state index in [1.54, 1.807) is 6.20 Å². The standard InChI is InChI=1S/C18H21ClN2O2.ClH/c1-12-8-14(19)16-13(10-20-15(16)9-12)17(22)23-11-18-2-5-21(6-3-18)7-4-18;/h8-10,20H,2-7,11H2,1H3;1H. The first-order valence-corrected chi connectivity index (χ1v) is 8.61. The number of H-pyrrole nitrogens is 1. The van der Waals surface area contributed by atoms with Crippen LogP contribution in [0.25, 0.3) is 10.9 Å². The van der Waals surface area contributed by atoms with Crippen LogP contribution in [-0.2, 0) is 4.74 Å². The van der Waals surface area contributed by atoms with Crippen LogP contribution in [0.15, 0.2) is 18.3 Å². The maximum atomic E-state index is 12.6. The van der Waals surface area contributed by atoms with Crippen molar-refractivity contribution in [2.45, 2.75) is 26.2 Å². The molecule has 6 heteroatoms. The molecule has 1 N–H and O–H groups in total. The van der Waals surface area contributed by atoms with E-state index in [4.69, 9.17) is 16.3 Å². The monoisotopic (exact) mass is 368 g/mol. The Balaban J connectivity index is 0.00000169. The molecule has 0 unspecified atom stereocenters. The Bertz CT molecular complexity index is 750. The minimum Gasteiger partial charge on any atom is -0.461 e. The van der Waals surface area contributed by atoms with Gasteiger partial charge in [-0.2, -0.15) is 0 Å². The average Bonchev–Trinajstić information content (AvgIpc) is 2.98. The van der Waals surface area contributed by atoms with Crippen LogP contribution >= 0.6 is 24.0 Å². The number of hydrogen-bond acceptors (Lipinski definition) is 3. The second-order valence-corrected chi connectivity index (χ2v) is 7.45. The van der Waals surface area contributed by atoms with Gasteiger partial charge in [-0.05, 0) is 63.5 Å². The first kappa shape index (κ1) is 17.6. The van der Waals surface area contributed by atoms with E-state index >= 15 is 0 Å². The van der Waals surface area contributed by atoms with Crippen LogP contribution in [0.3, 0.4) is 0 Å². The third-order valence-electron chi connectivity index (χ3n) is 5.48. The molecule has 130 valence electrons. The fourth-order valence-electron chi connectivity index (χ4n) is 3.92. The number of fused-ring (bicyclic) bond motifs is 4. The molecule has 0 amide bonds. The van der Waals surface area contributed by atoms with E-state index in [1.807, 2.05) is 19.1 Å². The number of hydrogen-bond donors (Lipinski definition) is 1. The van der Waals surface area contributed by atoms with E-state index in [-0.39, 0.29) is 23.8 Å². The Morgan fingerprint density at radius 2 is 1.96 bits per heavy atom. The number of aromatic amines is 1. The average molecular weight is 369 g/mol. The minimum atomic E-state index is -0.274. The zero-order valence-electron chi connectivity index (χ0n) is 13.7. The SMILES string of the molecule is Cc1cc(Cl)c2c(C(=O)OCC34CCN(CC3)CC4)c[nH]c2c1.Cl. The zero-order chi connectivity index (χ0) is 16.0. The van der Waals surface area contributed by atoms with Crippen molar-refractivity contribution < 1.29 is 9.53 Å². The van der Waals surface area contributed by atoms with Crippen molar-refractivity contribution in [3.05, 3.63) is 34.5 Å². The number of rotatable bonds is 3. The highest BCUT2D eigenvalue weighted by atomic mass is 35.5. The van der Waals surface area contributed by atoms with Crippen LogP contribution in [-0.4, -0.2) is 42.1 Å². The lowest BCUT2D eigenvalue weighted by molar-refractivity contribution is -0.0304. The molecule has 4 heterocycles. The second-order valence-electron chi connectivity index (χ2n) is 7.04. The molecule has 3 aliphatic rings. The van der Waals surface area contributed by atoms with Gasteiger partial charge < -0.3 is 14.6 Å². The molecule has 4 nitrogen and oxygen atoms in total. The van der Waals surface area contributed by atoms with E-state index in [9.17, 15) is 4.79 Å². The van der Waals surface area contributed by atoms with Gasteiger partial charge in [0, 0.05) is 22.5 Å². The summed E-state index contributed by atoms with van der Waals surface area (Å²) in [6.07, 6.45) is 5.11. The highest BCUT2D eigenvalue weighted by molar-refractivity contribution is 6.36. The maximum absolute atomic E-state index is 12.6. The minimum absolute atomic E-state index is 0. The lowest BCUT2D eigenvalue weighted by atomic mass is 9.73. The molecule has 0 aliphatic carbocycles. The predicted molar refractivity (Wildman–Crippen MR) is 98.3 cm³/mol. The lowest BCUT2D eigenvalue weighted by Gasteiger charge is -2.47. The van der Waals surface area contributed by atoms with Gasteiger partial charge in [0.05, 0.1) is 17.2 Å². The summed E-state index contributed by atoms with van der Waals surface area (Å²) in [5.41, 5.74) is 2.68. The maximum Gasteiger partial charge on any atom is 0.340 e. The van der Waals surface area contributed by atoms with Crippen molar-refractivity contribution in [2.75, 3.05) is 26.2 Å². The zero-order valence-corrected chi connectivity index (χ0v) is 15.3. The molecule has 24 heavy (non-hydrogen) atoms. The number of aromatic nitrogens is 1. The van der Waals surface area contributed by atoms with Crippen molar-refractivity contribution in [2.24, 2.45) is 5.41 Å². The predicted octanol–water partition coefficient (Wildman–Crippen LogP) is 4.19. The van der Waals surface area contributed by atoms with E-state index in [2.05, 4.69) is 9.88 Å². The van der Waals surface area contributed by atoms with Gasteiger partial charge >= 0.3 is 5.97 Å². The van der Waals surface area contributed by atoms with Crippen molar-refractivity contribution >= 4 is 40.9 Å². The number of halogens is 2. The molecule has 1 aromatic carbocycles. The van der Waals surface area contributed by atoms with Crippen LogP contribution in [0.5, 0.6) is 0 Å². The van der Waals surface area contributed by atoms with Gasteiger partial charge in [-0.15, -0.1) is 12.4 Å². The number of ether oxygens (including phenoxy) is 1. The van der Waals surface area contributed by atoms with E-state index < -0.39 is 0 Å². The molecule has 0 saturated carbocycles. The van der Waals surface area contributed by atoms with E-state index in [0.29, 0.717) is 17.2 Å². The molecule has 1 aromatic heterocycles. The summed E-state index contributed by atoms with van der Waals surface area (Å²) in [5, 5.41) is 1.36. The number of nitrogens with zero attached hydrogens (tertiary/aromatic N) is 1. The van der Waals surface area contributed by atoms with Gasteiger partial charge in [-0.1, -0.05) is 11.6 Å². The van der Waals surface area contributed by atoms with Crippen LogP contribution < -0.4 is 0 Å². The Labute approximate surface area is 152 Å². The van der Waals surface area contributed by atoms with Crippen molar-refractivity contribution in [1.29, 1.82) is 0 Å². The third kappa shape index (κ3) is 3.03. The topological polar surface area (TPSA) is 45.3 Å². The summed E-state index contributed by atoms with van der Waals surface area (Å²) in [5.74, 6) is -0.274. The highest BCUT2D eigenvalue weighted by Gasteiger charge is 2.40. The number of carbonyl (C=O) groups is 1. The van der Waals surface area contributed by atoms with Crippen LogP contribution in [0, 0.1) is 12.3 Å². The number of nitrogens with one attached hydrogen (secondary N) is 1. The van der Waals surface area contributed by atoms with Gasteiger partial charge in [-0.3, -0.25) is 0 Å². The molecule has 0 spiro atoms. The van der Waals surface area contributed by atoms with Gasteiger partial charge in [0.15, 0.2) is 0 Å². The van der Waals surface area contributed by atoms with Crippen LogP contribution in [0.2, 0.25) is 5.02 Å². The largest absolute Gasteiger partial charge is 0.461 e. The Morgan fingerprint density at radius 3 is 2.62 bits per heavy atom. The molecule has 3 fully saturated rings. The third-order valence-corrected chi connectivity index (χ3v) is 5.78. The molecule has 2 aromatic rings. The Kier molecular flexibility index (Phi) is 4.82. The molecule has 3 saturated heterocycles. The molecular weight excluding hydrogens is 347 g/mol. The van der Waals surface area contributed by atoms with Crippen molar-refractivity contribution in [3.8, 4) is 0 Å². The molecule has 0 radical (unpaired) electrons. The van der Waals surface area contributed by atoms with Gasteiger partial charge in [0.2, 0.25) is 0 Å². The fraction of sp³-hybridized carbons (Fsp3) is 0.500. The summed E-state index contributed by atoms with van der Waals surface area (Å²) in [7, 11) is 0. The number of esters is 1. The van der Waals surface area contributed by atoms with E-state index in [1.165, 1.54) is 0 Å². The smallest absolute Gasteiger partial charge is 0.340 e. The first-order chi connectivity index (χ1) is 11.1. The van der Waals surface area contributed by atoms with Crippen molar-refractivity contribution in [3.63, 3.8) is 0 Å². The van der Waals surface area contributed by atoms with Gasteiger partial charge in [0.1, 0.15) is 0 Å². The fourth-order valence-corrected chi connectivity index (χ4v) is 4.30. The summed E-state index contributed by atoms with van der Waals surface area (Å²) in [4.78, 5) is 18.2. The first-order valence-electron chi connectivity index (χ1n) is 8.23. The van der Waals surface area contributed by atoms with Crippen molar-refractivity contribution in [1.82, 2.24) is 9.88 Å². The Morgan fingerprint density at radius 1 is 1.29 bits per heavy atom. The summed E-state index contributed by atoms with van der Waals surface area (Å²) in [6, 6.07) is 3.87. The summed E-state index contributed by atoms with van der Waals surface area (Å²) < 4.78 is 5.70. The number of piperidine rings is 3. The quantitative estimate of drug-likeness (QED) is 0.825. The number of benzene rings is 1. The van der Waals surface area contributed by atoms with Gasteiger partial charge in [0.25, 0.3) is 0 Å². The molecular formula is C18H22Cl2N2O2. The molecule has 0 atom stereocenters. The molecule has 5 rings (SSSR count). The second kappa shape index (κ2) is 6.58. The molecule has 3 aliphatic heterocycles. The number of carbonyl (C=O) groups excluding carboxylic acids is 1. The summed E-state index contributed by atoms with van der Waals surface area (Å²) >= 11 is 6.33. The number of aryl methyl sites for hydroxylation is 1. The lowest BCUT2D eigenvalue weighted by Crippen LogP contribution is -2.50. The normalized spacial score (nSPS) is 25.5. The Hall–Kier alpha value is -1.23. The summed E-state index contributed by atoms with van der Waals surface area (Å²) in [6.45, 7) is 5.91. The molecule has 2 bridgehead atoms. The van der Waals surface area contributed by atoms with Gasteiger partial charge in [-0.25, -0.2) is 4.79 Å².